The summed E-state index contributed by atoms with van der Waals surface area (Å²) in [5.41, 5.74) is 0.796. The van der Waals surface area contributed by atoms with Gasteiger partial charge in [0.2, 0.25) is 0 Å². The van der Waals surface area contributed by atoms with Crippen molar-refractivity contribution in [3.8, 4) is 5.75 Å². The van der Waals surface area contributed by atoms with E-state index >= 15 is 0 Å². The third-order valence-electron chi connectivity index (χ3n) is 5.87. The second-order valence-corrected chi connectivity index (χ2v) is 9.05. The van der Waals surface area contributed by atoms with Gasteiger partial charge in [-0.3, -0.25) is 0 Å². The fraction of sp³-hybridized carbons (Fsp3) is 0.250. The van der Waals surface area contributed by atoms with E-state index in [4.69, 9.17) is 4.74 Å². The number of aliphatic hydroxyl groups is 4. The standard InChI is InChI=1S/C24H23NO6S/c26-12-19-21(28)22(29)23(30)24(31-19)25-11-20(17-3-1-2-4-18(17)25)32-16-8-6-13-9-15(27)7-5-14(13)10-16/h1-11,19,21-24,26-30H,12H2/t19-,21-,22+,23-,24-/m1/s1. The van der Waals surface area contributed by atoms with Crippen LogP contribution in [0.2, 0.25) is 0 Å². The average Bonchev–Trinajstić information content (AvgIpc) is 3.16. The number of nitrogens with zero attached hydrogens (tertiary/aromatic N) is 1. The Bertz CT molecular complexity index is 1270. The Morgan fingerprint density at radius 3 is 2.44 bits per heavy atom. The summed E-state index contributed by atoms with van der Waals surface area (Å²) in [5, 5.41) is 53.1. The molecular formula is C24H23NO6S. The van der Waals surface area contributed by atoms with Gasteiger partial charge in [-0.2, -0.15) is 0 Å². The zero-order valence-corrected chi connectivity index (χ0v) is 17.8. The summed E-state index contributed by atoms with van der Waals surface area (Å²) in [5.74, 6) is 0.223. The first-order chi connectivity index (χ1) is 15.5. The van der Waals surface area contributed by atoms with Crippen LogP contribution in [-0.2, 0) is 4.74 Å². The van der Waals surface area contributed by atoms with Crippen molar-refractivity contribution >= 4 is 33.4 Å². The van der Waals surface area contributed by atoms with Gasteiger partial charge in [0.25, 0.3) is 0 Å². The number of phenolic OH excluding ortho intramolecular Hbond substituents is 1. The second kappa shape index (κ2) is 8.40. The normalized spacial score (nSPS) is 26.1. The molecule has 1 aromatic heterocycles. The Kier molecular flexibility index (Phi) is 5.58. The van der Waals surface area contributed by atoms with E-state index < -0.39 is 37.3 Å². The van der Waals surface area contributed by atoms with Crippen molar-refractivity contribution in [1.82, 2.24) is 4.57 Å². The molecule has 0 radical (unpaired) electrons. The van der Waals surface area contributed by atoms with Crippen LogP contribution >= 0.6 is 11.8 Å². The molecular weight excluding hydrogens is 430 g/mol. The third-order valence-corrected chi connectivity index (χ3v) is 6.90. The predicted octanol–water partition coefficient (Wildman–Crippen LogP) is 2.62. The minimum absolute atomic E-state index is 0.223. The molecule has 1 saturated heterocycles. The molecule has 1 fully saturated rings. The fourth-order valence-corrected chi connectivity index (χ4v) is 5.20. The SMILES string of the molecule is OC[C@H]1O[C@@H](n2cc(Sc3ccc4cc(O)ccc4c3)c3ccccc32)[C@H](O)[C@@H](O)[C@@H]1O. The van der Waals surface area contributed by atoms with Gasteiger partial charge in [0.05, 0.1) is 12.1 Å². The van der Waals surface area contributed by atoms with Gasteiger partial charge in [0, 0.05) is 21.4 Å². The van der Waals surface area contributed by atoms with Crippen molar-refractivity contribution in [2.45, 2.75) is 40.4 Å². The lowest BCUT2D eigenvalue weighted by molar-refractivity contribution is -0.250. The highest BCUT2D eigenvalue weighted by Crippen LogP contribution is 2.39. The lowest BCUT2D eigenvalue weighted by Crippen LogP contribution is -2.56. The zero-order chi connectivity index (χ0) is 22.4. The summed E-state index contributed by atoms with van der Waals surface area (Å²) in [7, 11) is 0. The lowest BCUT2D eigenvalue weighted by atomic mass is 9.98. The van der Waals surface area contributed by atoms with Crippen LogP contribution in [0.25, 0.3) is 21.7 Å². The Morgan fingerprint density at radius 2 is 1.62 bits per heavy atom. The number of phenols is 1. The number of aromatic nitrogens is 1. The maximum atomic E-state index is 10.6. The summed E-state index contributed by atoms with van der Waals surface area (Å²) >= 11 is 1.55. The topological polar surface area (TPSA) is 115 Å². The van der Waals surface area contributed by atoms with Gasteiger partial charge < -0.3 is 34.8 Å². The average molecular weight is 454 g/mol. The molecule has 0 aliphatic carbocycles. The van der Waals surface area contributed by atoms with E-state index in [-0.39, 0.29) is 5.75 Å². The molecule has 5 N–H and O–H groups in total. The minimum Gasteiger partial charge on any atom is -0.508 e. The van der Waals surface area contributed by atoms with E-state index in [1.54, 1.807) is 28.5 Å². The number of benzene rings is 3. The van der Waals surface area contributed by atoms with E-state index in [0.29, 0.717) is 0 Å². The molecule has 3 aromatic carbocycles. The van der Waals surface area contributed by atoms with E-state index in [9.17, 15) is 25.5 Å². The summed E-state index contributed by atoms with van der Waals surface area (Å²) in [6.07, 6.45) is -4.31. The van der Waals surface area contributed by atoms with Crippen molar-refractivity contribution in [3.05, 3.63) is 66.9 Å². The summed E-state index contributed by atoms with van der Waals surface area (Å²) < 4.78 is 7.51. The number of rotatable bonds is 4. The largest absolute Gasteiger partial charge is 0.508 e. The van der Waals surface area contributed by atoms with Crippen LogP contribution < -0.4 is 0 Å². The first-order valence-corrected chi connectivity index (χ1v) is 11.1. The first-order valence-electron chi connectivity index (χ1n) is 10.3. The van der Waals surface area contributed by atoms with Crippen LogP contribution in [0.5, 0.6) is 5.75 Å². The second-order valence-electron chi connectivity index (χ2n) is 7.93. The number of aliphatic hydroxyl groups excluding tert-OH is 4. The molecule has 8 heteroatoms. The highest BCUT2D eigenvalue weighted by atomic mass is 32.2. The summed E-state index contributed by atoms with van der Waals surface area (Å²) in [6, 6.07) is 18.9. The molecule has 1 aliphatic rings. The lowest BCUT2D eigenvalue weighted by Gasteiger charge is -2.40. The maximum absolute atomic E-state index is 10.6. The zero-order valence-electron chi connectivity index (χ0n) is 16.9. The Labute approximate surface area is 188 Å². The molecule has 7 nitrogen and oxygen atoms in total. The predicted molar refractivity (Wildman–Crippen MR) is 121 cm³/mol. The van der Waals surface area contributed by atoms with Gasteiger partial charge in [-0.25, -0.2) is 0 Å². The van der Waals surface area contributed by atoms with Crippen molar-refractivity contribution in [2.75, 3.05) is 6.61 Å². The third kappa shape index (κ3) is 3.65. The molecule has 2 heterocycles. The monoisotopic (exact) mass is 453 g/mol. The van der Waals surface area contributed by atoms with Crippen molar-refractivity contribution in [3.63, 3.8) is 0 Å². The number of para-hydroxylation sites is 1. The number of hydrogen-bond donors (Lipinski definition) is 5. The molecule has 4 aromatic rings. The Balaban J connectivity index is 1.54. The molecule has 0 unspecified atom stereocenters. The highest BCUT2D eigenvalue weighted by Gasteiger charge is 2.44. The van der Waals surface area contributed by atoms with Gasteiger partial charge in [-0.1, -0.05) is 42.1 Å². The molecule has 0 amide bonds. The van der Waals surface area contributed by atoms with Gasteiger partial charge in [0.15, 0.2) is 6.23 Å². The van der Waals surface area contributed by atoms with E-state index in [2.05, 4.69) is 0 Å². The van der Waals surface area contributed by atoms with E-state index in [0.717, 1.165) is 31.5 Å². The van der Waals surface area contributed by atoms with Gasteiger partial charge in [-0.15, -0.1) is 0 Å². The van der Waals surface area contributed by atoms with Gasteiger partial charge in [0.1, 0.15) is 30.2 Å². The number of ether oxygens (including phenoxy) is 1. The first kappa shape index (κ1) is 21.3. The molecule has 32 heavy (non-hydrogen) atoms. The molecule has 5 atom stereocenters. The Morgan fingerprint density at radius 1 is 0.875 bits per heavy atom. The molecule has 166 valence electrons. The molecule has 1 aliphatic heterocycles. The Hall–Kier alpha value is -2.59. The van der Waals surface area contributed by atoms with Crippen molar-refractivity contribution in [2.24, 2.45) is 0 Å². The molecule has 0 spiro atoms. The number of aromatic hydroxyl groups is 1. The smallest absolute Gasteiger partial charge is 0.163 e. The number of hydrogen-bond acceptors (Lipinski definition) is 7. The van der Waals surface area contributed by atoms with Crippen LogP contribution in [0.1, 0.15) is 6.23 Å². The summed E-state index contributed by atoms with van der Waals surface area (Å²) in [4.78, 5) is 1.93. The minimum atomic E-state index is -1.44. The maximum Gasteiger partial charge on any atom is 0.163 e. The summed E-state index contributed by atoms with van der Waals surface area (Å²) in [6.45, 7) is -0.477. The fourth-order valence-electron chi connectivity index (χ4n) is 4.18. The van der Waals surface area contributed by atoms with Crippen molar-refractivity contribution < 1.29 is 30.3 Å². The van der Waals surface area contributed by atoms with Crippen molar-refractivity contribution in [1.29, 1.82) is 0 Å². The number of fused-ring (bicyclic) bond motifs is 2. The van der Waals surface area contributed by atoms with Gasteiger partial charge >= 0.3 is 0 Å². The molecule has 0 bridgehead atoms. The van der Waals surface area contributed by atoms with Crippen LogP contribution in [0.3, 0.4) is 0 Å². The van der Waals surface area contributed by atoms with E-state index in [1.807, 2.05) is 54.7 Å². The molecule has 5 rings (SSSR count). The van der Waals surface area contributed by atoms with Gasteiger partial charge in [-0.05, 0) is 41.1 Å². The van der Waals surface area contributed by atoms with E-state index in [1.165, 1.54) is 0 Å². The van der Waals surface area contributed by atoms with Crippen LogP contribution in [-0.4, -0.2) is 61.1 Å². The highest BCUT2D eigenvalue weighted by molar-refractivity contribution is 7.99. The van der Waals surface area contributed by atoms with Crippen LogP contribution in [0, 0.1) is 0 Å². The van der Waals surface area contributed by atoms with Crippen LogP contribution in [0.4, 0.5) is 0 Å². The van der Waals surface area contributed by atoms with Crippen LogP contribution in [0.15, 0.2) is 76.7 Å². The molecule has 0 saturated carbocycles. The quantitative estimate of drug-likeness (QED) is 0.323.